The Balaban J connectivity index is 2.47. The lowest BCUT2D eigenvalue weighted by Crippen LogP contribution is -2.36. The number of rotatable bonds is 1. The number of carbonyl (C=O) groups is 2. The van der Waals surface area contributed by atoms with E-state index in [1.807, 2.05) is 0 Å². The molecule has 0 bridgehead atoms. The van der Waals surface area contributed by atoms with Crippen LogP contribution >= 0.6 is 11.6 Å². The molecule has 0 aromatic carbocycles. The van der Waals surface area contributed by atoms with Crippen molar-refractivity contribution in [1.82, 2.24) is 0 Å². The van der Waals surface area contributed by atoms with Gasteiger partial charge in [0, 0.05) is 11.6 Å². The Kier molecular flexibility index (Phi) is 2.18. The summed E-state index contributed by atoms with van der Waals surface area (Å²) < 4.78 is 4.24. The van der Waals surface area contributed by atoms with Crippen LogP contribution in [0.1, 0.15) is 26.2 Å². The zero-order valence-electron chi connectivity index (χ0n) is 6.22. The average molecular weight is 177 g/mol. The molecule has 3 nitrogen and oxygen atoms in total. The molecule has 0 saturated heterocycles. The van der Waals surface area contributed by atoms with Crippen LogP contribution in [0.25, 0.3) is 0 Å². The second kappa shape index (κ2) is 2.81. The van der Waals surface area contributed by atoms with Gasteiger partial charge in [0.25, 0.3) is 0 Å². The first-order valence-electron chi connectivity index (χ1n) is 3.46. The van der Waals surface area contributed by atoms with E-state index < -0.39 is 16.8 Å². The molecule has 0 N–H and O–H groups in total. The molecule has 0 heterocycles. The molecule has 0 atom stereocenters. The molecule has 0 aromatic heterocycles. The summed E-state index contributed by atoms with van der Waals surface area (Å²) in [4.78, 5) is 21.2. The molecular weight excluding hydrogens is 168 g/mol. The predicted molar refractivity (Wildman–Crippen MR) is 39.3 cm³/mol. The van der Waals surface area contributed by atoms with E-state index in [2.05, 4.69) is 4.74 Å². The van der Waals surface area contributed by atoms with Crippen LogP contribution in [0.3, 0.4) is 0 Å². The van der Waals surface area contributed by atoms with Crippen LogP contribution in [0.4, 0.5) is 4.79 Å². The smallest absolute Gasteiger partial charge is 0.380 e. The number of esters is 1. The lowest BCUT2D eigenvalue weighted by Gasteiger charge is -2.34. The van der Waals surface area contributed by atoms with Gasteiger partial charge >= 0.3 is 11.4 Å². The van der Waals surface area contributed by atoms with Gasteiger partial charge in [-0.3, -0.25) is 4.79 Å². The summed E-state index contributed by atoms with van der Waals surface area (Å²) in [5.41, 5.74) is -1.49. The summed E-state index contributed by atoms with van der Waals surface area (Å²) in [7, 11) is 0. The minimum absolute atomic E-state index is 0.454. The van der Waals surface area contributed by atoms with E-state index in [4.69, 9.17) is 11.6 Å². The maximum absolute atomic E-state index is 11.0. The third-order valence-corrected chi connectivity index (χ3v) is 2.20. The first kappa shape index (κ1) is 8.53. The van der Waals surface area contributed by atoms with Crippen LogP contribution in [0, 0.1) is 5.41 Å². The van der Waals surface area contributed by atoms with Crippen LogP contribution in [0.2, 0.25) is 0 Å². The van der Waals surface area contributed by atoms with Crippen molar-refractivity contribution < 1.29 is 14.3 Å². The largest absolute Gasteiger partial charge is 0.411 e. The maximum atomic E-state index is 11.0. The van der Waals surface area contributed by atoms with Gasteiger partial charge in [-0.05, 0) is 19.8 Å². The van der Waals surface area contributed by atoms with Gasteiger partial charge in [-0.2, -0.15) is 0 Å². The van der Waals surface area contributed by atoms with Gasteiger partial charge < -0.3 is 4.74 Å². The maximum Gasteiger partial charge on any atom is 0.411 e. The number of carbonyl (C=O) groups excluding carboxylic acids is 2. The monoisotopic (exact) mass is 176 g/mol. The van der Waals surface area contributed by atoms with Gasteiger partial charge in [-0.1, -0.05) is 6.42 Å². The number of hydrogen-bond donors (Lipinski definition) is 0. The third kappa shape index (κ3) is 1.71. The minimum atomic E-state index is -1.04. The Morgan fingerprint density at radius 3 is 2.27 bits per heavy atom. The molecular formula is C7H9ClO3. The molecule has 4 heteroatoms. The second-order valence-corrected chi connectivity index (χ2v) is 3.35. The van der Waals surface area contributed by atoms with Crippen molar-refractivity contribution in [3.8, 4) is 0 Å². The summed E-state index contributed by atoms with van der Waals surface area (Å²) in [6.07, 6.45) is 2.59. The molecule has 1 fully saturated rings. The van der Waals surface area contributed by atoms with E-state index in [0.29, 0.717) is 0 Å². The van der Waals surface area contributed by atoms with Gasteiger partial charge in [0.1, 0.15) is 0 Å². The fraction of sp³-hybridized carbons (Fsp3) is 0.714. The first-order valence-corrected chi connectivity index (χ1v) is 3.84. The lowest BCUT2D eigenvalue weighted by atomic mass is 9.70. The SMILES string of the molecule is CC1(C(=O)OC(=O)Cl)CCC1. The Morgan fingerprint density at radius 1 is 1.45 bits per heavy atom. The Labute approximate surface area is 69.7 Å². The topological polar surface area (TPSA) is 43.4 Å². The highest BCUT2D eigenvalue weighted by Gasteiger charge is 2.41. The van der Waals surface area contributed by atoms with Crippen LogP contribution < -0.4 is 0 Å². The number of ether oxygens (including phenoxy) is 1. The minimum Gasteiger partial charge on any atom is -0.380 e. The first-order chi connectivity index (χ1) is 5.04. The highest BCUT2D eigenvalue weighted by atomic mass is 35.5. The molecule has 0 aliphatic heterocycles. The normalized spacial score (nSPS) is 20.2. The van der Waals surface area contributed by atoms with E-state index in [0.717, 1.165) is 19.3 Å². The van der Waals surface area contributed by atoms with Crippen molar-refractivity contribution in [2.75, 3.05) is 0 Å². The Bertz CT molecular complexity index is 196. The summed E-state index contributed by atoms with van der Waals surface area (Å²) in [6, 6.07) is 0. The molecule has 0 aromatic rings. The van der Waals surface area contributed by atoms with Gasteiger partial charge in [-0.15, -0.1) is 0 Å². The molecule has 1 saturated carbocycles. The summed E-state index contributed by atoms with van der Waals surface area (Å²) in [5.74, 6) is -0.497. The van der Waals surface area contributed by atoms with E-state index in [9.17, 15) is 9.59 Å². The zero-order chi connectivity index (χ0) is 8.48. The third-order valence-electron chi connectivity index (χ3n) is 2.12. The van der Waals surface area contributed by atoms with Crippen molar-refractivity contribution in [1.29, 1.82) is 0 Å². The van der Waals surface area contributed by atoms with Crippen molar-refractivity contribution in [3.05, 3.63) is 0 Å². The van der Waals surface area contributed by atoms with E-state index in [1.54, 1.807) is 6.92 Å². The van der Waals surface area contributed by atoms with Crippen LogP contribution in [0.5, 0.6) is 0 Å². The standard InChI is InChI=1S/C7H9ClO3/c1-7(3-2-4-7)5(9)11-6(8)10/h2-4H2,1H3. The summed E-state index contributed by atoms with van der Waals surface area (Å²) in [6.45, 7) is 1.78. The van der Waals surface area contributed by atoms with Crippen molar-refractivity contribution in [2.24, 2.45) is 5.41 Å². The quantitative estimate of drug-likeness (QED) is 0.349. The van der Waals surface area contributed by atoms with Crippen LogP contribution in [-0.4, -0.2) is 11.4 Å². The van der Waals surface area contributed by atoms with Gasteiger partial charge in [-0.25, -0.2) is 4.79 Å². The molecule has 1 rings (SSSR count). The average Bonchev–Trinajstić information content (AvgIpc) is 1.81. The van der Waals surface area contributed by atoms with E-state index >= 15 is 0 Å². The fourth-order valence-electron chi connectivity index (χ4n) is 1.11. The zero-order valence-corrected chi connectivity index (χ0v) is 6.98. The summed E-state index contributed by atoms with van der Waals surface area (Å²) >= 11 is 4.88. The van der Waals surface area contributed by atoms with Crippen LogP contribution in [0.15, 0.2) is 0 Å². The summed E-state index contributed by atoms with van der Waals surface area (Å²) in [5, 5.41) is 0. The van der Waals surface area contributed by atoms with Gasteiger partial charge in [0.05, 0.1) is 5.41 Å². The highest BCUT2D eigenvalue weighted by molar-refractivity contribution is 6.61. The molecule has 0 spiro atoms. The molecule has 1 aliphatic rings. The Hall–Kier alpha value is -0.570. The highest BCUT2D eigenvalue weighted by Crippen LogP contribution is 2.41. The molecule has 0 unspecified atom stereocenters. The number of halogens is 1. The molecule has 11 heavy (non-hydrogen) atoms. The molecule has 62 valence electrons. The van der Waals surface area contributed by atoms with Crippen molar-refractivity contribution in [2.45, 2.75) is 26.2 Å². The van der Waals surface area contributed by atoms with Crippen LogP contribution in [-0.2, 0) is 9.53 Å². The van der Waals surface area contributed by atoms with Gasteiger partial charge in [0.15, 0.2) is 0 Å². The van der Waals surface area contributed by atoms with Crippen molar-refractivity contribution >= 4 is 23.0 Å². The Morgan fingerprint density at radius 2 is 2.00 bits per heavy atom. The van der Waals surface area contributed by atoms with Crippen molar-refractivity contribution in [3.63, 3.8) is 0 Å². The van der Waals surface area contributed by atoms with E-state index in [-0.39, 0.29) is 0 Å². The fourth-order valence-corrected chi connectivity index (χ4v) is 1.18. The molecule has 0 amide bonds. The molecule has 0 radical (unpaired) electrons. The number of hydrogen-bond acceptors (Lipinski definition) is 3. The van der Waals surface area contributed by atoms with Gasteiger partial charge in [0.2, 0.25) is 0 Å². The second-order valence-electron chi connectivity index (χ2n) is 3.04. The molecule has 1 aliphatic carbocycles. The van der Waals surface area contributed by atoms with E-state index in [1.165, 1.54) is 0 Å². The predicted octanol–water partition coefficient (Wildman–Crippen LogP) is 2.08. The lowest BCUT2D eigenvalue weighted by molar-refractivity contribution is -0.152.